The lowest BCUT2D eigenvalue weighted by molar-refractivity contribution is -0.0867. The van der Waals surface area contributed by atoms with Gasteiger partial charge in [-0.05, 0) is 75.1 Å². The van der Waals surface area contributed by atoms with Crippen LogP contribution in [0.15, 0.2) is 24.3 Å². The molecular weight excluding hydrogens is 298 g/mol. The average molecular weight is 334 g/mol. The minimum Gasteiger partial charge on any atom is -0.497 e. The summed E-state index contributed by atoms with van der Waals surface area (Å²) >= 11 is 0. The summed E-state index contributed by atoms with van der Waals surface area (Å²) in [6.07, 6.45) is 3.65. The van der Waals surface area contributed by atoms with Crippen LogP contribution in [0.3, 0.4) is 0 Å². The van der Waals surface area contributed by atoms with Gasteiger partial charge < -0.3 is 14.8 Å². The van der Waals surface area contributed by atoms with Gasteiger partial charge in [0.05, 0.1) is 12.7 Å². The van der Waals surface area contributed by atoms with Crippen LogP contribution in [0.1, 0.15) is 52.5 Å². The Labute approximate surface area is 148 Å². The van der Waals surface area contributed by atoms with Gasteiger partial charge in [-0.15, -0.1) is 0 Å². The van der Waals surface area contributed by atoms with Crippen molar-refractivity contribution in [2.24, 2.45) is 17.8 Å². The van der Waals surface area contributed by atoms with Crippen molar-refractivity contribution in [2.45, 2.75) is 59.1 Å². The first-order valence-corrected chi connectivity index (χ1v) is 9.39. The van der Waals surface area contributed by atoms with Crippen LogP contribution in [0.5, 0.6) is 5.75 Å². The van der Waals surface area contributed by atoms with Gasteiger partial charge in [-0.25, -0.2) is 0 Å². The molecule has 0 aliphatic carbocycles. The van der Waals surface area contributed by atoms with Gasteiger partial charge in [0.25, 0.3) is 0 Å². The zero-order valence-electron chi connectivity index (χ0n) is 16.1. The van der Waals surface area contributed by atoms with E-state index in [0.29, 0.717) is 0 Å². The molecule has 1 aliphatic heterocycles. The molecule has 1 aliphatic rings. The third-order valence-corrected chi connectivity index (χ3v) is 5.34. The molecule has 0 saturated carbocycles. The minimum absolute atomic E-state index is 0.0482. The first-order chi connectivity index (χ1) is 11.4. The molecular formula is C21H35NO2. The fourth-order valence-electron chi connectivity index (χ4n) is 4.00. The maximum atomic E-state index is 5.90. The maximum absolute atomic E-state index is 5.90. The van der Waals surface area contributed by atoms with Crippen molar-refractivity contribution in [1.82, 2.24) is 5.32 Å². The van der Waals surface area contributed by atoms with E-state index in [-0.39, 0.29) is 5.60 Å². The number of methoxy groups -OCH3 is 1. The molecule has 1 aromatic carbocycles. The van der Waals surface area contributed by atoms with E-state index in [1.807, 2.05) is 12.1 Å². The second-order valence-electron chi connectivity index (χ2n) is 8.08. The molecule has 0 aromatic heterocycles. The summed E-state index contributed by atoms with van der Waals surface area (Å²) in [6.45, 7) is 12.1. The normalized spacial score (nSPS) is 21.7. The summed E-state index contributed by atoms with van der Waals surface area (Å²) in [5.41, 5.74) is 1.36. The highest BCUT2D eigenvalue weighted by molar-refractivity contribution is 5.26. The van der Waals surface area contributed by atoms with Crippen LogP contribution in [-0.4, -0.2) is 25.9 Å². The van der Waals surface area contributed by atoms with Gasteiger partial charge in [-0.3, -0.25) is 0 Å². The molecule has 0 bridgehead atoms. The van der Waals surface area contributed by atoms with Gasteiger partial charge in [-0.1, -0.05) is 26.0 Å². The number of ether oxygens (including phenoxy) is 2. The summed E-state index contributed by atoms with van der Waals surface area (Å²) in [7, 11) is 1.71. The predicted molar refractivity (Wildman–Crippen MR) is 100 cm³/mol. The van der Waals surface area contributed by atoms with Crippen LogP contribution in [0.25, 0.3) is 0 Å². The highest BCUT2D eigenvalue weighted by atomic mass is 16.5. The Bertz CT molecular complexity index is 481. The molecule has 2 atom stereocenters. The van der Waals surface area contributed by atoms with Crippen LogP contribution < -0.4 is 10.1 Å². The van der Waals surface area contributed by atoms with Crippen LogP contribution >= 0.6 is 0 Å². The standard InChI is InChI=1S/C21H35NO2/c1-16(2)20(18-11-13-24-21(3,4)14-18)10-12-22-15-17-6-8-19(23-5)9-7-17/h6-9,16,18,20,22H,10-15H2,1-5H3/t18-,20+/m1/s1. The van der Waals surface area contributed by atoms with Gasteiger partial charge in [-0.2, -0.15) is 0 Å². The van der Waals surface area contributed by atoms with Crippen LogP contribution in [0.4, 0.5) is 0 Å². The largest absolute Gasteiger partial charge is 0.497 e. The quantitative estimate of drug-likeness (QED) is 0.702. The maximum Gasteiger partial charge on any atom is 0.118 e. The number of hydrogen-bond donors (Lipinski definition) is 1. The van der Waals surface area contributed by atoms with Crippen LogP contribution in [0, 0.1) is 17.8 Å². The first kappa shape index (κ1) is 19.3. The van der Waals surface area contributed by atoms with E-state index in [1.165, 1.54) is 24.8 Å². The van der Waals surface area contributed by atoms with Crippen LogP contribution in [0.2, 0.25) is 0 Å². The third kappa shape index (κ3) is 5.78. The minimum atomic E-state index is 0.0482. The summed E-state index contributed by atoms with van der Waals surface area (Å²) in [5, 5.41) is 3.61. The Balaban J connectivity index is 1.79. The Morgan fingerprint density at radius 2 is 1.96 bits per heavy atom. The zero-order chi connectivity index (χ0) is 17.6. The van der Waals surface area contributed by atoms with Gasteiger partial charge in [0, 0.05) is 13.2 Å². The molecule has 0 radical (unpaired) electrons. The van der Waals surface area contributed by atoms with Crippen molar-refractivity contribution < 1.29 is 9.47 Å². The molecule has 3 heteroatoms. The predicted octanol–water partition coefficient (Wildman–Crippen LogP) is 4.65. The number of hydrogen-bond acceptors (Lipinski definition) is 3. The SMILES string of the molecule is COc1ccc(CNCC[C@@H](C(C)C)[C@@H]2CCOC(C)(C)C2)cc1. The summed E-state index contributed by atoms with van der Waals surface area (Å²) < 4.78 is 11.1. The molecule has 24 heavy (non-hydrogen) atoms. The number of benzene rings is 1. The van der Waals surface area contributed by atoms with Gasteiger partial charge in [0.2, 0.25) is 0 Å². The van der Waals surface area contributed by atoms with Crippen molar-refractivity contribution in [3.05, 3.63) is 29.8 Å². The Kier molecular flexibility index (Phi) is 7.12. The second kappa shape index (κ2) is 8.87. The first-order valence-electron chi connectivity index (χ1n) is 9.39. The smallest absolute Gasteiger partial charge is 0.118 e. The number of rotatable bonds is 8. The van der Waals surface area contributed by atoms with Gasteiger partial charge in [0.1, 0.15) is 5.75 Å². The molecule has 2 rings (SSSR count). The molecule has 1 N–H and O–H groups in total. The van der Waals surface area contributed by atoms with E-state index in [0.717, 1.165) is 43.2 Å². The Hall–Kier alpha value is -1.06. The monoisotopic (exact) mass is 333 g/mol. The van der Waals surface area contributed by atoms with E-state index in [1.54, 1.807) is 7.11 Å². The molecule has 1 aromatic rings. The molecule has 1 saturated heterocycles. The molecule has 0 amide bonds. The molecule has 1 fully saturated rings. The molecule has 0 unspecified atom stereocenters. The second-order valence-corrected chi connectivity index (χ2v) is 8.08. The van der Waals surface area contributed by atoms with Crippen molar-refractivity contribution in [3.8, 4) is 5.75 Å². The lowest BCUT2D eigenvalue weighted by atomic mass is 9.73. The molecule has 3 nitrogen and oxygen atoms in total. The molecule has 136 valence electrons. The average Bonchev–Trinajstić information content (AvgIpc) is 2.54. The summed E-state index contributed by atoms with van der Waals surface area (Å²) in [5.74, 6) is 3.21. The van der Waals surface area contributed by atoms with Crippen molar-refractivity contribution in [3.63, 3.8) is 0 Å². The van der Waals surface area contributed by atoms with Crippen molar-refractivity contribution in [1.29, 1.82) is 0 Å². The van der Waals surface area contributed by atoms with E-state index in [4.69, 9.17) is 9.47 Å². The van der Waals surface area contributed by atoms with Gasteiger partial charge >= 0.3 is 0 Å². The Morgan fingerprint density at radius 3 is 2.54 bits per heavy atom. The van der Waals surface area contributed by atoms with Crippen LogP contribution in [-0.2, 0) is 11.3 Å². The molecule has 1 heterocycles. The van der Waals surface area contributed by atoms with Crippen molar-refractivity contribution >= 4 is 0 Å². The fourth-order valence-corrected chi connectivity index (χ4v) is 4.00. The lowest BCUT2D eigenvalue weighted by Crippen LogP contribution is -2.38. The van der Waals surface area contributed by atoms with E-state index in [2.05, 4.69) is 45.1 Å². The van der Waals surface area contributed by atoms with Crippen molar-refractivity contribution in [2.75, 3.05) is 20.3 Å². The topological polar surface area (TPSA) is 30.5 Å². The summed E-state index contributed by atoms with van der Waals surface area (Å²) in [6, 6.07) is 8.32. The zero-order valence-corrected chi connectivity index (χ0v) is 16.1. The fraction of sp³-hybridized carbons (Fsp3) is 0.714. The third-order valence-electron chi connectivity index (χ3n) is 5.34. The Morgan fingerprint density at radius 1 is 1.25 bits per heavy atom. The highest BCUT2D eigenvalue weighted by Gasteiger charge is 2.34. The molecule has 0 spiro atoms. The van der Waals surface area contributed by atoms with E-state index < -0.39 is 0 Å². The highest BCUT2D eigenvalue weighted by Crippen LogP contribution is 2.37. The number of nitrogens with one attached hydrogen (secondary N) is 1. The van der Waals surface area contributed by atoms with E-state index >= 15 is 0 Å². The van der Waals surface area contributed by atoms with Gasteiger partial charge in [0.15, 0.2) is 0 Å². The van der Waals surface area contributed by atoms with E-state index in [9.17, 15) is 0 Å². The lowest BCUT2D eigenvalue weighted by Gasteiger charge is -2.40. The summed E-state index contributed by atoms with van der Waals surface area (Å²) in [4.78, 5) is 0.